The van der Waals surface area contributed by atoms with E-state index >= 15 is 0 Å². The number of halogens is 2. The van der Waals surface area contributed by atoms with Crippen molar-refractivity contribution in [1.29, 1.82) is 0 Å². The van der Waals surface area contributed by atoms with Crippen molar-refractivity contribution in [2.45, 2.75) is 38.5 Å². The van der Waals surface area contributed by atoms with Gasteiger partial charge in [-0.3, -0.25) is 0 Å². The average molecular weight is 311 g/mol. The Hall–Kier alpha value is -1.30. The summed E-state index contributed by atoms with van der Waals surface area (Å²) in [4.78, 5) is 0.910. The highest BCUT2D eigenvalue weighted by atomic mass is 32.1. The van der Waals surface area contributed by atoms with Gasteiger partial charge in [0.1, 0.15) is 11.6 Å². The van der Waals surface area contributed by atoms with E-state index in [2.05, 4.69) is 5.32 Å². The second-order valence-electron chi connectivity index (χ2n) is 5.22. The molecule has 0 spiro atoms. The normalized spacial score (nSPS) is 15.7. The maximum atomic E-state index is 13.7. The third kappa shape index (κ3) is 4.33. The molecule has 2 N–H and O–H groups in total. The van der Waals surface area contributed by atoms with Gasteiger partial charge in [0, 0.05) is 22.5 Å². The molecule has 0 aliphatic heterocycles. The van der Waals surface area contributed by atoms with Gasteiger partial charge in [0.05, 0.1) is 6.10 Å². The number of benzene rings is 1. The highest BCUT2D eigenvalue weighted by Crippen LogP contribution is 2.24. The standard InChI is InChI=1S/C16H19F2NOS/c1-10(8-15(20)16-4-3-7-21-16)19-11(2)13-9-12(17)5-6-14(13)18/h3-7,9-11,15,19-20H,8H2,1-2H3. The highest BCUT2D eigenvalue weighted by molar-refractivity contribution is 7.10. The van der Waals surface area contributed by atoms with Crippen molar-refractivity contribution in [1.82, 2.24) is 5.32 Å². The fourth-order valence-electron chi connectivity index (χ4n) is 2.36. The van der Waals surface area contributed by atoms with E-state index in [1.165, 1.54) is 17.4 Å². The number of nitrogens with one attached hydrogen (secondary N) is 1. The van der Waals surface area contributed by atoms with Crippen LogP contribution >= 0.6 is 11.3 Å². The maximum absolute atomic E-state index is 13.7. The number of rotatable bonds is 6. The van der Waals surface area contributed by atoms with Crippen molar-refractivity contribution < 1.29 is 13.9 Å². The lowest BCUT2D eigenvalue weighted by Gasteiger charge is -2.22. The molecule has 2 nitrogen and oxygen atoms in total. The molecule has 2 aromatic rings. The van der Waals surface area contributed by atoms with Crippen LogP contribution in [0, 0.1) is 11.6 Å². The molecule has 1 aromatic heterocycles. The molecule has 1 aromatic carbocycles. The van der Waals surface area contributed by atoms with Gasteiger partial charge in [0.25, 0.3) is 0 Å². The van der Waals surface area contributed by atoms with Crippen molar-refractivity contribution in [3.8, 4) is 0 Å². The molecule has 1 heterocycles. The molecule has 0 bridgehead atoms. The molecular formula is C16H19F2NOS. The molecule has 0 saturated carbocycles. The van der Waals surface area contributed by atoms with Crippen LogP contribution in [0.5, 0.6) is 0 Å². The molecule has 2 rings (SSSR count). The molecule has 3 unspecified atom stereocenters. The molecule has 21 heavy (non-hydrogen) atoms. The summed E-state index contributed by atoms with van der Waals surface area (Å²) in [6.45, 7) is 3.70. The molecule has 5 heteroatoms. The third-order valence-corrected chi connectivity index (χ3v) is 4.38. The third-order valence-electron chi connectivity index (χ3n) is 3.41. The largest absolute Gasteiger partial charge is 0.388 e. The van der Waals surface area contributed by atoms with Crippen LogP contribution in [0.4, 0.5) is 8.78 Å². The summed E-state index contributed by atoms with van der Waals surface area (Å²) in [7, 11) is 0. The Kier molecular flexibility index (Phi) is 5.45. The Balaban J connectivity index is 1.95. The second-order valence-corrected chi connectivity index (χ2v) is 6.20. The summed E-state index contributed by atoms with van der Waals surface area (Å²) in [6.07, 6.45) is -0.0287. The highest BCUT2D eigenvalue weighted by Gasteiger charge is 2.17. The fraction of sp³-hybridized carbons (Fsp3) is 0.375. The van der Waals surface area contributed by atoms with Crippen molar-refractivity contribution in [3.05, 3.63) is 57.8 Å². The quantitative estimate of drug-likeness (QED) is 0.838. The van der Waals surface area contributed by atoms with Crippen LogP contribution in [0.2, 0.25) is 0 Å². The Bertz CT molecular complexity index is 574. The second kappa shape index (κ2) is 7.11. The zero-order valence-corrected chi connectivity index (χ0v) is 12.8. The van der Waals surface area contributed by atoms with Crippen molar-refractivity contribution in [3.63, 3.8) is 0 Å². The minimum atomic E-state index is -0.544. The summed E-state index contributed by atoms with van der Waals surface area (Å²) in [5.41, 5.74) is 0.299. The Morgan fingerprint density at radius 3 is 2.67 bits per heavy atom. The summed E-state index contributed by atoms with van der Waals surface area (Å²) in [5.74, 6) is -0.881. The van der Waals surface area contributed by atoms with E-state index in [4.69, 9.17) is 0 Å². The van der Waals surface area contributed by atoms with E-state index in [0.717, 1.165) is 17.0 Å². The number of thiophene rings is 1. The first-order valence-electron chi connectivity index (χ1n) is 6.90. The van der Waals surface area contributed by atoms with Crippen LogP contribution in [0.25, 0.3) is 0 Å². The number of aliphatic hydroxyl groups is 1. The smallest absolute Gasteiger partial charge is 0.128 e. The van der Waals surface area contributed by atoms with Gasteiger partial charge in [-0.05, 0) is 49.9 Å². The fourth-order valence-corrected chi connectivity index (χ4v) is 3.09. The van der Waals surface area contributed by atoms with E-state index < -0.39 is 17.7 Å². The maximum Gasteiger partial charge on any atom is 0.128 e. The monoisotopic (exact) mass is 311 g/mol. The van der Waals surface area contributed by atoms with Gasteiger partial charge in [-0.15, -0.1) is 11.3 Å². The predicted octanol–water partition coefficient (Wildman–Crippen LogP) is 4.19. The molecular weight excluding hydrogens is 292 g/mol. The van der Waals surface area contributed by atoms with Crippen LogP contribution in [0.15, 0.2) is 35.7 Å². The van der Waals surface area contributed by atoms with Crippen LogP contribution in [-0.2, 0) is 0 Å². The van der Waals surface area contributed by atoms with Gasteiger partial charge < -0.3 is 10.4 Å². The summed E-state index contributed by atoms with van der Waals surface area (Å²) in [5, 5.41) is 15.2. The van der Waals surface area contributed by atoms with Crippen molar-refractivity contribution in [2.24, 2.45) is 0 Å². The lowest BCUT2D eigenvalue weighted by molar-refractivity contribution is 0.155. The Morgan fingerprint density at radius 2 is 2.00 bits per heavy atom. The molecule has 0 aliphatic carbocycles. The van der Waals surface area contributed by atoms with E-state index in [-0.39, 0.29) is 12.1 Å². The molecule has 3 atom stereocenters. The molecule has 0 saturated heterocycles. The first-order valence-corrected chi connectivity index (χ1v) is 7.77. The van der Waals surface area contributed by atoms with Gasteiger partial charge in [0.15, 0.2) is 0 Å². The predicted molar refractivity (Wildman–Crippen MR) is 81.3 cm³/mol. The number of hydrogen-bond acceptors (Lipinski definition) is 3. The van der Waals surface area contributed by atoms with E-state index in [0.29, 0.717) is 12.0 Å². The minimum Gasteiger partial charge on any atom is -0.388 e. The Morgan fingerprint density at radius 1 is 1.24 bits per heavy atom. The molecule has 0 aliphatic rings. The van der Waals surface area contributed by atoms with Gasteiger partial charge in [-0.1, -0.05) is 6.07 Å². The zero-order valence-electron chi connectivity index (χ0n) is 12.0. The summed E-state index contributed by atoms with van der Waals surface area (Å²) < 4.78 is 26.9. The van der Waals surface area contributed by atoms with Crippen LogP contribution in [0.1, 0.15) is 42.9 Å². The van der Waals surface area contributed by atoms with E-state index in [1.54, 1.807) is 6.92 Å². The summed E-state index contributed by atoms with van der Waals surface area (Å²) in [6, 6.07) is 6.87. The topological polar surface area (TPSA) is 32.3 Å². The lowest BCUT2D eigenvalue weighted by Crippen LogP contribution is -2.30. The minimum absolute atomic E-state index is 0.0280. The van der Waals surface area contributed by atoms with E-state index in [1.807, 2.05) is 24.4 Å². The van der Waals surface area contributed by atoms with Gasteiger partial charge in [-0.2, -0.15) is 0 Å². The van der Waals surface area contributed by atoms with Crippen LogP contribution in [-0.4, -0.2) is 11.1 Å². The Labute approximate surface area is 127 Å². The van der Waals surface area contributed by atoms with Gasteiger partial charge in [-0.25, -0.2) is 8.78 Å². The van der Waals surface area contributed by atoms with Gasteiger partial charge >= 0.3 is 0 Å². The van der Waals surface area contributed by atoms with Crippen molar-refractivity contribution in [2.75, 3.05) is 0 Å². The van der Waals surface area contributed by atoms with E-state index in [9.17, 15) is 13.9 Å². The number of aliphatic hydroxyl groups excluding tert-OH is 1. The average Bonchev–Trinajstić information content (AvgIpc) is 2.95. The van der Waals surface area contributed by atoms with Crippen molar-refractivity contribution >= 4 is 11.3 Å². The SMILES string of the molecule is CC(CC(O)c1cccs1)NC(C)c1cc(F)ccc1F. The van der Waals surface area contributed by atoms with Gasteiger partial charge in [0.2, 0.25) is 0 Å². The number of hydrogen-bond donors (Lipinski definition) is 2. The molecule has 0 amide bonds. The molecule has 0 radical (unpaired) electrons. The molecule has 114 valence electrons. The van der Waals surface area contributed by atoms with Crippen LogP contribution in [0.3, 0.4) is 0 Å². The lowest BCUT2D eigenvalue weighted by atomic mass is 10.0. The molecule has 0 fully saturated rings. The van der Waals surface area contributed by atoms with Crippen LogP contribution < -0.4 is 5.32 Å². The first kappa shape index (κ1) is 16.1. The first-order chi connectivity index (χ1) is 9.97. The zero-order chi connectivity index (χ0) is 15.4. The summed E-state index contributed by atoms with van der Waals surface area (Å²) >= 11 is 1.51.